The van der Waals surface area contributed by atoms with E-state index in [0.29, 0.717) is 0 Å². The molecule has 2 N–H and O–H groups in total. The molecule has 0 aromatic rings. The van der Waals surface area contributed by atoms with Gasteiger partial charge in [0.1, 0.15) is 5.76 Å². The Balaban J connectivity index is 3.11. The summed E-state index contributed by atoms with van der Waals surface area (Å²) < 4.78 is 4.44. The number of ketones is 1. The van der Waals surface area contributed by atoms with Crippen LogP contribution in [-0.2, 0) is 14.3 Å². The number of hydrogen-bond acceptors (Lipinski definition) is 5. The third-order valence-electron chi connectivity index (χ3n) is 2.16. The first-order chi connectivity index (χ1) is 6.97. The van der Waals surface area contributed by atoms with Crippen LogP contribution in [0.25, 0.3) is 0 Å². The van der Waals surface area contributed by atoms with E-state index in [2.05, 4.69) is 4.74 Å². The smallest absolute Gasteiger partial charge is 0.336 e. The van der Waals surface area contributed by atoms with E-state index in [9.17, 15) is 19.8 Å². The van der Waals surface area contributed by atoms with Crippen LogP contribution in [0.5, 0.6) is 0 Å². The van der Waals surface area contributed by atoms with Gasteiger partial charge in [-0.15, -0.1) is 0 Å². The predicted octanol–water partition coefficient (Wildman–Crippen LogP) is 0.252. The number of carbonyl (C=O) groups excluding carboxylic acids is 2. The number of rotatable bonds is 2. The Morgan fingerprint density at radius 1 is 1.53 bits per heavy atom. The molecule has 0 saturated carbocycles. The molecule has 0 saturated heterocycles. The summed E-state index contributed by atoms with van der Waals surface area (Å²) in [4.78, 5) is 22.3. The van der Waals surface area contributed by atoms with Gasteiger partial charge in [-0.25, -0.2) is 4.79 Å². The lowest BCUT2D eigenvalue weighted by atomic mass is 9.93. The van der Waals surface area contributed by atoms with Crippen LogP contribution in [0.15, 0.2) is 23.0 Å². The van der Waals surface area contributed by atoms with Crippen molar-refractivity contribution in [2.24, 2.45) is 0 Å². The molecule has 0 heterocycles. The first-order valence-corrected chi connectivity index (χ1v) is 4.38. The van der Waals surface area contributed by atoms with E-state index in [1.54, 1.807) is 0 Å². The van der Waals surface area contributed by atoms with Crippen molar-refractivity contribution in [1.82, 2.24) is 0 Å². The number of ether oxygens (including phenoxy) is 1. The van der Waals surface area contributed by atoms with Gasteiger partial charge in [-0.2, -0.15) is 0 Å². The number of esters is 1. The van der Waals surface area contributed by atoms with Crippen molar-refractivity contribution in [3.8, 4) is 0 Å². The summed E-state index contributed by atoms with van der Waals surface area (Å²) in [6.07, 6.45) is -0.103. The third kappa shape index (κ3) is 2.24. The molecule has 0 bridgehead atoms. The molecule has 0 aliphatic heterocycles. The topological polar surface area (TPSA) is 83.8 Å². The van der Waals surface area contributed by atoms with Crippen LogP contribution in [0.4, 0.5) is 0 Å². The maximum atomic E-state index is 11.2. The molecule has 82 valence electrons. The zero-order valence-corrected chi connectivity index (χ0v) is 8.48. The maximum Gasteiger partial charge on any atom is 0.336 e. The van der Waals surface area contributed by atoms with Gasteiger partial charge in [0.05, 0.1) is 24.4 Å². The highest BCUT2D eigenvalue weighted by Crippen LogP contribution is 2.24. The molecule has 1 aliphatic carbocycles. The fraction of sp³-hybridized carbons (Fsp3) is 0.400. The van der Waals surface area contributed by atoms with Crippen LogP contribution in [0.1, 0.15) is 13.3 Å². The highest BCUT2D eigenvalue weighted by Gasteiger charge is 2.27. The van der Waals surface area contributed by atoms with Crippen LogP contribution in [-0.4, -0.2) is 35.2 Å². The molecule has 0 spiro atoms. The number of methoxy groups -OCH3 is 1. The maximum absolute atomic E-state index is 11.2. The minimum atomic E-state index is -1.12. The Morgan fingerprint density at radius 2 is 2.13 bits per heavy atom. The minimum absolute atomic E-state index is 0.0134. The standard InChI is InChI=1S/C10H12O5/c1-5(11)6-3-7(10(14)15-2)9(13)4-8(6)12/h3,9,12-13H,4H2,1-2H3. The molecule has 5 heteroatoms. The molecule has 0 aromatic heterocycles. The molecular weight excluding hydrogens is 200 g/mol. The number of carbonyl (C=O) groups is 2. The molecule has 0 amide bonds. The van der Waals surface area contributed by atoms with Crippen LogP contribution in [0.3, 0.4) is 0 Å². The normalized spacial score (nSPS) is 21.0. The fourth-order valence-electron chi connectivity index (χ4n) is 1.36. The molecule has 0 fully saturated rings. The van der Waals surface area contributed by atoms with Gasteiger partial charge in [-0.1, -0.05) is 0 Å². The summed E-state index contributed by atoms with van der Waals surface area (Å²) in [6.45, 7) is 1.27. The Kier molecular flexibility index (Phi) is 3.26. The monoisotopic (exact) mass is 212 g/mol. The molecule has 0 aromatic carbocycles. The number of hydrogen-bond donors (Lipinski definition) is 2. The Hall–Kier alpha value is -1.62. The van der Waals surface area contributed by atoms with Crippen molar-refractivity contribution in [2.75, 3.05) is 7.11 Å². The van der Waals surface area contributed by atoms with E-state index in [4.69, 9.17) is 0 Å². The molecule has 1 rings (SSSR count). The second-order valence-electron chi connectivity index (χ2n) is 3.23. The van der Waals surface area contributed by atoms with Crippen molar-refractivity contribution >= 4 is 11.8 Å². The lowest BCUT2D eigenvalue weighted by Crippen LogP contribution is -2.24. The van der Waals surface area contributed by atoms with Gasteiger partial charge in [-0.3, -0.25) is 4.79 Å². The molecule has 0 radical (unpaired) electrons. The van der Waals surface area contributed by atoms with Gasteiger partial charge in [0, 0.05) is 6.42 Å². The molecule has 1 atom stereocenters. The van der Waals surface area contributed by atoms with Crippen molar-refractivity contribution in [3.05, 3.63) is 23.0 Å². The van der Waals surface area contributed by atoms with Gasteiger partial charge in [0.2, 0.25) is 0 Å². The third-order valence-corrected chi connectivity index (χ3v) is 2.16. The number of Topliss-reactive ketones (excluding diaryl/α,β-unsaturated/α-hetero) is 1. The second kappa shape index (κ2) is 4.27. The highest BCUT2D eigenvalue weighted by atomic mass is 16.5. The van der Waals surface area contributed by atoms with E-state index in [0.717, 1.165) is 6.08 Å². The van der Waals surface area contributed by atoms with Gasteiger partial charge >= 0.3 is 5.97 Å². The van der Waals surface area contributed by atoms with E-state index < -0.39 is 12.1 Å². The van der Waals surface area contributed by atoms with Crippen molar-refractivity contribution < 1.29 is 24.5 Å². The van der Waals surface area contributed by atoms with Gasteiger partial charge in [0.15, 0.2) is 5.78 Å². The summed E-state index contributed by atoms with van der Waals surface area (Å²) >= 11 is 0. The number of aliphatic hydroxyl groups is 2. The second-order valence-corrected chi connectivity index (χ2v) is 3.23. The summed E-state index contributed by atoms with van der Waals surface area (Å²) in [6, 6.07) is 0. The average molecular weight is 212 g/mol. The summed E-state index contributed by atoms with van der Waals surface area (Å²) in [7, 11) is 1.18. The quantitative estimate of drug-likeness (QED) is 0.641. The molecule has 1 unspecified atom stereocenters. The SMILES string of the molecule is COC(=O)C1=CC(C(C)=O)=C(O)CC1O. The van der Waals surface area contributed by atoms with Gasteiger partial charge < -0.3 is 14.9 Å². The first-order valence-electron chi connectivity index (χ1n) is 4.38. The van der Waals surface area contributed by atoms with Crippen LogP contribution in [0.2, 0.25) is 0 Å². The van der Waals surface area contributed by atoms with Crippen LogP contribution < -0.4 is 0 Å². The lowest BCUT2D eigenvalue weighted by molar-refractivity contribution is -0.137. The zero-order chi connectivity index (χ0) is 11.6. The molecule has 5 nitrogen and oxygen atoms in total. The van der Waals surface area contributed by atoms with E-state index >= 15 is 0 Å². The minimum Gasteiger partial charge on any atom is -0.511 e. The van der Waals surface area contributed by atoms with Gasteiger partial charge in [0.25, 0.3) is 0 Å². The van der Waals surface area contributed by atoms with E-state index in [1.807, 2.05) is 0 Å². The predicted molar refractivity (Wildman–Crippen MR) is 51.1 cm³/mol. The van der Waals surface area contributed by atoms with E-state index in [-0.39, 0.29) is 29.1 Å². The molecular formula is C10H12O5. The van der Waals surface area contributed by atoms with Crippen LogP contribution in [0, 0.1) is 0 Å². The Labute approximate surface area is 86.7 Å². The van der Waals surface area contributed by atoms with Crippen molar-refractivity contribution in [1.29, 1.82) is 0 Å². The molecule has 15 heavy (non-hydrogen) atoms. The van der Waals surface area contributed by atoms with Crippen molar-refractivity contribution in [2.45, 2.75) is 19.4 Å². The van der Waals surface area contributed by atoms with Crippen molar-refractivity contribution in [3.63, 3.8) is 0 Å². The Morgan fingerprint density at radius 3 is 2.60 bits per heavy atom. The molecule has 1 aliphatic rings. The van der Waals surface area contributed by atoms with E-state index in [1.165, 1.54) is 14.0 Å². The summed E-state index contributed by atoms with van der Waals surface area (Å²) in [5.74, 6) is -1.27. The zero-order valence-electron chi connectivity index (χ0n) is 8.48. The van der Waals surface area contributed by atoms with Crippen LogP contribution >= 0.6 is 0 Å². The lowest BCUT2D eigenvalue weighted by Gasteiger charge is -2.18. The number of aliphatic hydroxyl groups excluding tert-OH is 2. The fourth-order valence-corrected chi connectivity index (χ4v) is 1.36. The largest absolute Gasteiger partial charge is 0.511 e. The Bertz CT molecular complexity index is 364. The highest BCUT2D eigenvalue weighted by molar-refractivity contribution is 6.00. The average Bonchev–Trinajstić information content (AvgIpc) is 2.16. The van der Waals surface area contributed by atoms with Gasteiger partial charge in [-0.05, 0) is 13.0 Å². The first kappa shape index (κ1) is 11.5. The summed E-state index contributed by atoms with van der Waals surface area (Å²) in [5.41, 5.74) is 0.0289. The summed E-state index contributed by atoms with van der Waals surface area (Å²) in [5, 5.41) is 18.8. The number of allylic oxidation sites excluding steroid dienone is 2.